The van der Waals surface area contributed by atoms with Crippen molar-refractivity contribution in [3.05, 3.63) is 86.0 Å². The van der Waals surface area contributed by atoms with Gasteiger partial charge in [-0.05, 0) is 41.5 Å². The highest BCUT2D eigenvalue weighted by atomic mass is 32.1. The lowest BCUT2D eigenvalue weighted by Crippen LogP contribution is -2.05. The van der Waals surface area contributed by atoms with Crippen LogP contribution in [0.1, 0.15) is 21.6 Å². The van der Waals surface area contributed by atoms with Crippen LogP contribution in [0.3, 0.4) is 0 Å². The third-order valence-corrected chi connectivity index (χ3v) is 5.34. The molecule has 2 aromatic heterocycles. The monoisotopic (exact) mass is 432 g/mol. The smallest absolute Gasteiger partial charge is 0.416 e. The molecule has 0 bridgehead atoms. The van der Waals surface area contributed by atoms with E-state index in [0.29, 0.717) is 28.1 Å². The first-order valence-electron chi connectivity index (χ1n) is 8.86. The number of fused-ring (bicyclic) bond motifs is 1. The molecule has 4 rings (SSSR count). The van der Waals surface area contributed by atoms with Crippen LogP contribution in [-0.2, 0) is 19.2 Å². The molecule has 154 valence electrons. The first-order chi connectivity index (χ1) is 14.3. The van der Waals surface area contributed by atoms with Gasteiger partial charge in [0.1, 0.15) is 12.4 Å². The Balaban J connectivity index is 1.46. The summed E-state index contributed by atoms with van der Waals surface area (Å²) in [6.07, 6.45) is -2.32. The van der Waals surface area contributed by atoms with Gasteiger partial charge in [-0.3, -0.25) is 14.8 Å². The number of benzene rings is 2. The normalized spacial score (nSPS) is 11.7. The maximum atomic E-state index is 12.6. The molecule has 9 heteroatoms. The molecule has 30 heavy (non-hydrogen) atoms. The van der Waals surface area contributed by atoms with E-state index in [4.69, 9.17) is 4.74 Å². The van der Waals surface area contributed by atoms with Gasteiger partial charge in [0.25, 0.3) is 0 Å². The van der Waals surface area contributed by atoms with Gasteiger partial charge in [-0.2, -0.15) is 13.2 Å². The Morgan fingerprint density at radius 1 is 1.07 bits per heavy atom. The number of aromatic nitrogens is 2. The number of H-pyrrole nitrogens is 1. The number of halogens is 3. The van der Waals surface area contributed by atoms with Crippen LogP contribution in [0.25, 0.3) is 10.9 Å². The van der Waals surface area contributed by atoms with Crippen molar-refractivity contribution in [2.45, 2.75) is 19.2 Å². The quantitative estimate of drug-likeness (QED) is 0.471. The Hall–Kier alpha value is -3.33. The summed E-state index contributed by atoms with van der Waals surface area (Å²) < 4.78 is 43.6. The molecule has 0 saturated carbocycles. The number of aromatic hydroxyl groups is 1. The van der Waals surface area contributed by atoms with Gasteiger partial charge in [0, 0.05) is 24.1 Å². The highest BCUT2D eigenvalue weighted by Crippen LogP contribution is 2.29. The summed E-state index contributed by atoms with van der Waals surface area (Å²) in [7, 11) is 0. The van der Waals surface area contributed by atoms with Crippen LogP contribution in [0.15, 0.2) is 59.5 Å². The number of thiazole rings is 1. The van der Waals surface area contributed by atoms with Crippen molar-refractivity contribution < 1.29 is 23.0 Å². The van der Waals surface area contributed by atoms with Crippen molar-refractivity contribution in [2.24, 2.45) is 0 Å². The van der Waals surface area contributed by atoms with Gasteiger partial charge in [0.2, 0.25) is 5.88 Å². The van der Waals surface area contributed by atoms with Gasteiger partial charge in [-0.25, -0.2) is 0 Å². The number of rotatable bonds is 5. The molecular formula is C21H15F3N2O3S. The molecular weight excluding hydrogens is 417 g/mol. The van der Waals surface area contributed by atoms with E-state index >= 15 is 0 Å². The van der Waals surface area contributed by atoms with Gasteiger partial charge in [-0.1, -0.05) is 23.5 Å². The zero-order valence-electron chi connectivity index (χ0n) is 15.4. The lowest BCUT2D eigenvalue weighted by Gasteiger charge is -2.10. The fourth-order valence-electron chi connectivity index (χ4n) is 2.95. The van der Waals surface area contributed by atoms with Crippen LogP contribution in [0.5, 0.6) is 11.6 Å². The van der Waals surface area contributed by atoms with E-state index in [1.54, 1.807) is 18.3 Å². The molecule has 0 atom stereocenters. The third-order valence-electron chi connectivity index (χ3n) is 4.46. The van der Waals surface area contributed by atoms with E-state index in [2.05, 4.69) is 9.97 Å². The number of ether oxygens (including phenoxy) is 1. The Morgan fingerprint density at radius 2 is 1.83 bits per heavy atom. The number of pyridine rings is 1. The molecule has 2 aromatic carbocycles. The number of nitrogens with zero attached hydrogens (tertiary/aromatic N) is 1. The standard InChI is InChI=1S/C21H15F3N2O3S/c22-21(23,24)15-4-1-12(2-5-15)11-29-16-6-3-14-7-13(10-25-17(14)9-16)8-18-19(27)26-20(28)30-18/h1-7,9-10,27H,8,11H2,(H,26,28). The van der Waals surface area contributed by atoms with Crippen LogP contribution >= 0.6 is 11.3 Å². The molecule has 0 aliphatic carbocycles. The fraction of sp³-hybridized carbons (Fsp3) is 0.143. The van der Waals surface area contributed by atoms with Gasteiger partial charge in [0.05, 0.1) is 16.0 Å². The number of hydrogen-bond donors (Lipinski definition) is 2. The number of alkyl halides is 3. The second-order valence-electron chi connectivity index (χ2n) is 6.64. The van der Waals surface area contributed by atoms with E-state index in [1.807, 2.05) is 12.1 Å². The van der Waals surface area contributed by atoms with Crippen LogP contribution < -0.4 is 9.61 Å². The van der Waals surface area contributed by atoms with Crippen molar-refractivity contribution >= 4 is 22.2 Å². The Morgan fingerprint density at radius 3 is 2.50 bits per heavy atom. The molecule has 2 heterocycles. The second kappa shape index (κ2) is 7.83. The summed E-state index contributed by atoms with van der Waals surface area (Å²) in [4.78, 5) is 18.3. The lowest BCUT2D eigenvalue weighted by molar-refractivity contribution is -0.137. The van der Waals surface area contributed by atoms with E-state index in [1.165, 1.54) is 12.1 Å². The maximum absolute atomic E-state index is 12.6. The zero-order valence-corrected chi connectivity index (χ0v) is 16.2. The van der Waals surface area contributed by atoms with Crippen LogP contribution in [0.2, 0.25) is 0 Å². The number of hydrogen-bond acceptors (Lipinski definition) is 5. The lowest BCUT2D eigenvalue weighted by atomic mass is 10.1. The van der Waals surface area contributed by atoms with Crippen molar-refractivity contribution in [3.8, 4) is 11.6 Å². The predicted molar refractivity (Wildman–Crippen MR) is 107 cm³/mol. The molecule has 2 N–H and O–H groups in total. The van der Waals surface area contributed by atoms with Gasteiger partial charge in [-0.15, -0.1) is 0 Å². The first kappa shape index (κ1) is 20.0. The van der Waals surface area contributed by atoms with Crippen molar-refractivity contribution in [2.75, 3.05) is 0 Å². The third kappa shape index (κ3) is 4.46. The maximum Gasteiger partial charge on any atom is 0.416 e. The minimum atomic E-state index is -4.36. The Labute approximate surface area is 172 Å². The zero-order chi connectivity index (χ0) is 21.3. The van der Waals surface area contributed by atoms with Crippen molar-refractivity contribution in [1.82, 2.24) is 9.97 Å². The summed E-state index contributed by atoms with van der Waals surface area (Å²) in [6, 6.07) is 12.1. The van der Waals surface area contributed by atoms with E-state index in [-0.39, 0.29) is 17.4 Å². The largest absolute Gasteiger partial charge is 0.494 e. The van der Waals surface area contributed by atoms with Crippen molar-refractivity contribution in [1.29, 1.82) is 0 Å². The molecule has 0 fully saturated rings. The number of nitrogens with one attached hydrogen (secondary N) is 1. The van der Waals surface area contributed by atoms with Gasteiger partial charge < -0.3 is 9.84 Å². The average molecular weight is 432 g/mol. The molecule has 0 spiro atoms. The molecule has 0 amide bonds. The molecule has 0 saturated heterocycles. The SMILES string of the molecule is O=c1[nH]c(O)c(Cc2cnc3cc(OCc4ccc(C(F)(F)F)cc4)ccc3c2)s1. The van der Waals surface area contributed by atoms with Gasteiger partial charge in [0.15, 0.2) is 0 Å². The van der Waals surface area contributed by atoms with Gasteiger partial charge >= 0.3 is 11.0 Å². The van der Waals surface area contributed by atoms with Crippen LogP contribution in [0.4, 0.5) is 13.2 Å². The molecule has 0 aliphatic rings. The van der Waals surface area contributed by atoms with Crippen LogP contribution in [-0.4, -0.2) is 15.1 Å². The Kier molecular flexibility index (Phi) is 5.21. The molecule has 5 nitrogen and oxygen atoms in total. The summed E-state index contributed by atoms with van der Waals surface area (Å²) in [5.41, 5.74) is 1.45. The van der Waals surface area contributed by atoms with Crippen LogP contribution in [0, 0.1) is 0 Å². The molecule has 0 radical (unpaired) electrons. The summed E-state index contributed by atoms with van der Waals surface area (Å²) in [6.45, 7) is 0.132. The summed E-state index contributed by atoms with van der Waals surface area (Å²) >= 11 is 0.952. The van der Waals surface area contributed by atoms with E-state index in [9.17, 15) is 23.1 Å². The second-order valence-corrected chi connectivity index (χ2v) is 7.71. The highest BCUT2D eigenvalue weighted by molar-refractivity contribution is 7.09. The average Bonchev–Trinajstić information content (AvgIpc) is 3.02. The summed E-state index contributed by atoms with van der Waals surface area (Å²) in [5.74, 6) is 0.418. The first-order valence-corrected chi connectivity index (χ1v) is 9.68. The van der Waals surface area contributed by atoms with E-state index in [0.717, 1.165) is 34.4 Å². The molecule has 4 aromatic rings. The Bertz CT molecular complexity index is 1250. The predicted octanol–water partition coefficient (Wildman–Crippen LogP) is 4.88. The summed E-state index contributed by atoms with van der Waals surface area (Å²) in [5, 5.41) is 10.6. The minimum absolute atomic E-state index is 0.128. The topological polar surface area (TPSA) is 75.2 Å². The van der Waals surface area contributed by atoms with E-state index < -0.39 is 11.7 Å². The van der Waals surface area contributed by atoms with Crippen molar-refractivity contribution in [3.63, 3.8) is 0 Å². The minimum Gasteiger partial charge on any atom is -0.494 e. The highest BCUT2D eigenvalue weighted by Gasteiger charge is 2.29. The number of aromatic amines is 1. The molecule has 0 unspecified atom stereocenters. The fourth-order valence-corrected chi connectivity index (χ4v) is 3.71. The molecule has 0 aliphatic heterocycles.